The highest BCUT2D eigenvalue weighted by Gasteiger charge is 2.38. The molecular weight excluding hydrogens is 470 g/mol. The van der Waals surface area contributed by atoms with E-state index < -0.39 is 33.6 Å². The summed E-state index contributed by atoms with van der Waals surface area (Å²) >= 11 is 0.951. The number of carbonyl (C=O) groups is 1. The first-order valence-corrected chi connectivity index (χ1v) is 12.6. The molecule has 0 bridgehead atoms. The number of hydrogen-bond donors (Lipinski definition) is 1. The summed E-state index contributed by atoms with van der Waals surface area (Å²) in [5.41, 5.74) is 0.859. The Morgan fingerprint density at radius 1 is 1.15 bits per heavy atom. The molecule has 2 aromatic carbocycles. The minimum atomic E-state index is -3.76. The molecule has 1 fully saturated rings. The normalized spacial score (nSPS) is 16.9. The van der Waals surface area contributed by atoms with Gasteiger partial charge in [0.1, 0.15) is 16.6 Å². The Kier molecular flexibility index (Phi) is 6.55. The number of carbonyl (C=O) groups excluding carboxylic acids is 1. The Morgan fingerprint density at radius 2 is 1.88 bits per heavy atom. The minimum Gasteiger partial charge on any atom is -0.317 e. The number of aromatic nitrogens is 2. The third-order valence-corrected chi connectivity index (χ3v) is 8.40. The van der Waals surface area contributed by atoms with Gasteiger partial charge in [0.25, 0.3) is 5.91 Å². The number of halogens is 2. The zero-order valence-electron chi connectivity index (χ0n) is 18.0. The van der Waals surface area contributed by atoms with Crippen LogP contribution in [0.3, 0.4) is 0 Å². The van der Waals surface area contributed by atoms with E-state index in [1.54, 1.807) is 12.1 Å². The number of nitrogens with zero attached hydrogens (tertiary/aromatic N) is 3. The van der Waals surface area contributed by atoms with Crippen molar-refractivity contribution in [2.45, 2.75) is 43.5 Å². The molecular formula is C22H22F2N4O3S2. The molecule has 1 amide bonds. The molecule has 0 spiro atoms. The molecule has 1 atom stereocenters. The molecule has 7 nitrogen and oxygen atoms in total. The van der Waals surface area contributed by atoms with Gasteiger partial charge in [0.2, 0.25) is 15.0 Å². The van der Waals surface area contributed by atoms with Gasteiger partial charge in [0.15, 0.2) is 0 Å². The lowest BCUT2D eigenvalue weighted by molar-refractivity contribution is 0.102. The van der Waals surface area contributed by atoms with Crippen LogP contribution in [-0.2, 0) is 10.0 Å². The maximum Gasteiger partial charge on any atom is 0.286 e. The van der Waals surface area contributed by atoms with Gasteiger partial charge >= 0.3 is 0 Å². The van der Waals surface area contributed by atoms with Crippen LogP contribution < -0.4 is 5.32 Å². The van der Waals surface area contributed by atoms with Crippen LogP contribution in [-0.4, -0.2) is 35.4 Å². The first-order valence-electron chi connectivity index (χ1n) is 10.4. The standard InChI is InChI=1S/C22H22F2N4O3S2/c1-13(2)14-5-8-16(9-6-14)33(30,31)28-11-3-4-19(28)21-26-27-22(32-21)20(29)25-18-10-7-15(23)12-17(18)24/h5-10,12-13,19H,3-4,11H2,1-2H3,(H,25,29)/t19-/m1/s1. The number of rotatable bonds is 6. The van der Waals surface area contributed by atoms with Crippen LogP contribution in [0.4, 0.5) is 14.5 Å². The first kappa shape index (κ1) is 23.4. The Balaban J connectivity index is 1.53. The second kappa shape index (κ2) is 9.24. The molecule has 1 N–H and O–H groups in total. The van der Waals surface area contributed by atoms with Crippen LogP contribution in [0.15, 0.2) is 47.4 Å². The smallest absolute Gasteiger partial charge is 0.286 e. The van der Waals surface area contributed by atoms with Gasteiger partial charge in [0.05, 0.1) is 16.6 Å². The minimum absolute atomic E-state index is 0.0424. The van der Waals surface area contributed by atoms with Crippen molar-refractivity contribution in [2.24, 2.45) is 0 Å². The maximum atomic E-state index is 13.8. The second-order valence-corrected chi connectivity index (χ2v) is 10.9. The molecule has 174 valence electrons. The fraction of sp³-hybridized carbons (Fsp3) is 0.318. The van der Waals surface area contributed by atoms with E-state index in [1.807, 2.05) is 26.0 Å². The van der Waals surface area contributed by atoms with Crippen molar-refractivity contribution in [1.29, 1.82) is 0 Å². The fourth-order valence-electron chi connectivity index (χ4n) is 3.66. The Labute approximate surface area is 194 Å². The molecule has 0 radical (unpaired) electrons. The van der Waals surface area contributed by atoms with Gasteiger partial charge in [-0.2, -0.15) is 4.31 Å². The number of sulfonamides is 1. The summed E-state index contributed by atoms with van der Waals surface area (Å²) in [6, 6.07) is 9.10. The quantitative estimate of drug-likeness (QED) is 0.538. The molecule has 1 aliphatic heterocycles. The zero-order chi connectivity index (χ0) is 23.8. The van der Waals surface area contributed by atoms with Crippen LogP contribution in [0, 0.1) is 11.6 Å². The molecule has 2 heterocycles. The number of benzene rings is 2. The molecule has 0 unspecified atom stereocenters. The average molecular weight is 493 g/mol. The molecule has 0 aliphatic carbocycles. The summed E-state index contributed by atoms with van der Waals surface area (Å²) in [7, 11) is -3.76. The van der Waals surface area contributed by atoms with Crippen LogP contribution in [0.1, 0.15) is 59.0 Å². The van der Waals surface area contributed by atoms with E-state index in [0.29, 0.717) is 30.5 Å². The van der Waals surface area contributed by atoms with E-state index in [2.05, 4.69) is 15.5 Å². The third-order valence-electron chi connectivity index (χ3n) is 5.46. The van der Waals surface area contributed by atoms with Gasteiger partial charge in [-0.3, -0.25) is 4.79 Å². The van der Waals surface area contributed by atoms with Crippen LogP contribution in [0.25, 0.3) is 0 Å². The largest absolute Gasteiger partial charge is 0.317 e. The van der Waals surface area contributed by atoms with Crippen molar-refractivity contribution < 1.29 is 22.0 Å². The zero-order valence-corrected chi connectivity index (χ0v) is 19.6. The predicted octanol–water partition coefficient (Wildman–Crippen LogP) is 4.72. The summed E-state index contributed by atoms with van der Waals surface area (Å²) in [6.45, 7) is 4.40. The van der Waals surface area contributed by atoms with Crippen LogP contribution in [0.2, 0.25) is 0 Å². The number of amides is 1. The Bertz CT molecular complexity index is 1280. The van der Waals surface area contributed by atoms with E-state index in [9.17, 15) is 22.0 Å². The third kappa shape index (κ3) is 4.80. The summed E-state index contributed by atoms with van der Waals surface area (Å²) in [5.74, 6) is -2.09. The lowest BCUT2D eigenvalue weighted by Crippen LogP contribution is -2.30. The lowest BCUT2D eigenvalue weighted by Gasteiger charge is -2.22. The SMILES string of the molecule is CC(C)c1ccc(S(=O)(=O)N2CCC[C@@H]2c2nnc(C(=O)Nc3ccc(F)cc3F)s2)cc1. The van der Waals surface area contributed by atoms with E-state index in [0.717, 1.165) is 29.0 Å². The molecule has 33 heavy (non-hydrogen) atoms. The molecule has 0 saturated carbocycles. The highest BCUT2D eigenvalue weighted by Crippen LogP contribution is 2.38. The van der Waals surface area contributed by atoms with Crippen LogP contribution in [0.5, 0.6) is 0 Å². The van der Waals surface area contributed by atoms with E-state index in [1.165, 1.54) is 4.31 Å². The van der Waals surface area contributed by atoms with E-state index >= 15 is 0 Å². The van der Waals surface area contributed by atoms with Crippen molar-refractivity contribution in [3.05, 3.63) is 69.7 Å². The lowest BCUT2D eigenvalue weighted by atomic mass is 10.0. The monoisotopic (exact) mass is 492 g/mol. The Hall–Kier alpha value is -2.76. The predicted molar refractivity (Wildman–Crippen MR) is 121 cm³/mol. The van der Waals surface area contributed by atoms with Gasteiger partial charge in [-0.25, -0.2) is 17.2 Å². The molecule has 1 saturated heterocycles. The van der Waals surface area contributed by atoms with Crippen molar-refractivity contribution in [3.8, 4) is 0 Å². The summed E-state index contributed by atoms with van der Waals surface area (Å²) < 4.78 is 54.8. The van der Waals surface area contributed by atoms with Gasteiger partial charge in [-0.1, -0.05) is 37.3 Å². The highest BCUT2D eigenvalue weighted by molar-refractivity contribution is 7.89. The average Bonchev–Trinajstić information content (AvgIpc) is 3.45. The molecule has 1 aromatic heterocycles. The van der Waals surface area contributed by atoms with Crippen molar-refractivity contribution >= 4 is 33.0 Å². The van der Waals surface area contributed by atoms with Crippen molar-refractivity contribution in [2.75, 3.05) is 11.9 Å². The molecule has 1 aliphatic rings. The van der Waals surface area contributed by atoms with Gasteiger partial charge in [-0.05, 0) is 48.6 Å². The van der Waals surface area contributed by atoms with E-state index in [4.69, 9.17) is 0 Å². The van der Waals surface area contributed by atoms with E-state index in [-0.39, 0.29) is 21.5 Å². The number of anilines is 1. The van der Waals surface area contributed by atoms with Gasteiger partial charge in [-0.15, -0.1) is 10.2 Å². The van der Waals surface area contributed by atoms with Crippen LogP contribution >= 0.6 is 11.3 Å². The fourth-order valence-corrected chi connectivity index (χ4v) is 6.28. The Morgan fingerprint density at radius 3 is 2.55 bits per heavy atom. The molecule has 4 rings (SSSR count). The van der Waals surface area contributed by atoms with Gasteiger partial charge in [0, 0.05) is 12.6 Å². The summed E-state index contributed by atoms with van der Waals surface area (Å²) in [4.78, 5) is 12.7. The first-order chi connectivity index (χ1) is 15.7. The summed E-state index contributed by atoms with van der Waals surface area (Å²) in [5, 5.41) is 10.6. The van der Waals surface area contributed by atoms with Crippen molar-refractivity contribution in [3.63, 3.8) is 0 Å². The van der Waals surface area contributed by atoms with Crippen molar-refractivity contribution in [1.82, 2.24) is 14.5 Å². The summed E-state index contributed by atoms with van der Waals surface area (Å²) in [6.07, 6.45) is 1.20. The maximum absolute atomic E-state index is 13.8. The number of hydrogen-bond acceptors (Lipinski definition) is 6. The number of nitrogens with one attached hydrogen (secondary N) is 1. The topological polar surface area (TPSA) is 92.3 Å². The second-order valence-electron chi connectivity index (χ2n) is 8.02. The van der Waals surface area contributed by atoms with Gasteiger partial charge < -0.3 is 5.32 Å². The molecule has 3 aromatic rings. The highest BCUT2D eigenvalue weighted by atomic mass is 32.2. The molecule has 11 heteroatoms.